The molecule has 0 radical (unpaired) electrons. The van der Waals surface area contributed by atoms with Crippen molar-refractivity contribution in [2.24, 2.45) is 0 Å². The van der Waals surface area contributed by atoms with Crippen molar-refractivity contribution in [3.63, 3.8) is 0 Å². The zero-order chi connectivity index (χ0) is 16.8. The highest BCUT2D eigenvalue weighted by Gasteiger charge is 2.09. The van der Waals surface area contributed by atoms with Gasteiger partial charge in [-0.2, -0.15) is 0 Å². The molecule has 2 amide bonds. The van der Waals surface area contributed by atoms with Gasteiger partial charge in [-0.3, -0.25) is 25.4 Å². The SMILES string of the molecule is O=C(NNC(=O)c1ccc(-c2cccnc2)cc1)c1ccccc1. The Bertz CT molecular complexity index is 832. The fourth-order valence-electron chi connectivity index (χ4n) is 2.19. The van der Waals surface area contributed by atoms with Crippen LogP contribution < -0.4 is 10.9 Å². The Morgan fingerprint density at radius 2 is 1.29 bits per heavy atom. The molecule has 0 aliphatic rings. The number of carbonyl (C=O) groups excluding carboxylic acids is 2. The summed E-state index contributed by atoms with van der Waals surface area (Å²) in [7, 11) is 0. The minimum absolute atomic E-state index is 0.365. The molecule has 5 nitrogen and oxygen atoms in total. The first kappa shape index (κ1) is 15.4. The third-order valence-electron chi connectivity index (χ3n) is 3.47. The summed E-state index contributed by atoms with van der Waals surface area (Å²) in [6, 6.07) is 19.6. The topological polar surface area (TPSA) is 71.1 Å². The largest absolute Gasteiger partial charge is 0.269 e. The Morgan fingerprint density at radius 3 is 1.88 bits per heavy atom. The molecule has 1 aromatic heterocycles. The molecule has 0 aliphatic carbocycles. The van der Waals surface area contributed by atoms with E-state index in [-0.39, 0.29) is 11.8 Å². The monoisotopic (exact) mass is 317 g/mol. The number of nitrogens with zero attached hydrogens (tertiary/aromatic N) is 1. The minimum atomic E-state index is -0.378. The molecule has 118 valence electrons. The maximum absolute atomic E-state index is 12.1. The molecule has 5 heteroatoms. The van der Waals surface area contributed by atoms with Crippen LogP contribution in [0.5, 0.6) is 0 Å². The zero-order valence-electron chi connectivity index (χ0n) is 12.8. The number of pyridine rings is 1. The number of nitrogens with one attached hydrogen (secondary N) is 2. The number of amides is 2. The first-order valence-corrected chi connectivity index (χ1v) is 7.40. The molecule has 1 heterocycles. The summed E-state index contributed by atoms with van der Waals surface area (Å²) >= 11 is 0. The van der Waals surface area contributed by atoms with E-state index in [1.807, 2.05) is 30.3 Å². The van der Waals surface area contributed by atoms with Crippen LogP contribution >= 0.6 is 0 Å². The molecule has 0 fully saturated rings. The highest BCUT2D eigenvalue weighted by molar-refractivity contribution is 5.99. The van der Waals surface area contributed by atoms with Crippen LogP contribution in [0.15, 0.2) is 79.1 Å². The number of benzene rings is 2. The van der Waals surface area contributed by atoms with E-state index in [4.69, 9.17) is 0 Å². The zero-order valence-corrected chi connectivity index (χ0v) is 12.8. The van der Waals surface area contributed by atoms with Crippen molar-refractivity contribution in [2.75, 3.05) is 0 Å². The molecule has 0 spiro atoms. The predicted molar refractivity (Wildman–Crippen MR) is 91.0 cm³/mol. The van der Waals surface area contributed by atoms with E-state index in [0.717, 1.165) is 11.1 Å². The predicted octanol–water partition coefficient (Wildman–Crippen LogP) is 2.82. The normalized spacial score (nSPS) is 10.0. The Labute approximate surface area is 139 Å². The third kappa shape index (κ3) is 3.64. The van der Waals surface area contributed by atoms with E-state index in [2.05, 4.69) is 15.8 Å². The lowest BCUT2D eigenvalue weighted by Crippen LogP contribution is -2.41. The highest BCUT2D eigenvalue weighted by atomic mass is 16.2. The smallest absolute Gasteiger partial charge is 0.267 e. The quantitative estimate of drug-likeness (QED) is 0.730. The molecule has 0 aliphatic heterocycles. The van der Waals surface area contributed by atoms with Gasteiger partial charge in [-0.05, 0) is 41.5 Å². The van der Waals surface area contributed by atoms with Gasteiger partial charge in [0.2, 0.25) is 0 Å². The molecular formula is C19H15N3O2. The van der Waals surface area contributed by atoms with Crippen molar-refractivity contribution in [1.29, 1.82) is 0 Å². The summed E-state index contributed by atoms with van der Waals surface area (Å²) in [5.41, 5.74) is 7.67. The number of rotatable bonds is 3. The van der Waals surface area contributed by atoms with Crippen molar-refractivity contribution in [2.45, 2.75) is 0 Å². The molecule has 3 aromatic rings. The van der Waals surface area contributed by atoms with Crippen LogP contribution in [0.25, 0.3) is 11.1 Å². The van der Waals surface area contributed by atoms with Crippen molar-refractivity contribution < 1.29 is 9.59 Å². The van der Waals surface area contributed by atoms with Gasteiger partial charge in [0.15, 0.2) is 0 Å². The highest BCUT2D eigenvalue weighted by Crippen LogP contribution is 2.18. The summed E-state index contributed by atoms with van der Waals surface area (Å²) < 4.78 is 0. The van der Waals surface area contributed by atoms with Crippen LogP contribution in [0.4, 0.5) is 0 Å². The second-order valence-electron chi connectivity index (χ2n) is 5.09. The summed E-state index contributed by atoms with van der Waals surface area (Å²) in [6.07, 6.45) is 3.47. The molecule has 3 rings (SSSR count). The second kappa shape index (κ2) is 7.19. The van der Waals surface area contributed by atoms with Gasteiger partial charge in [0.1, 0.15) is 0 Å². The molecule has 0 bridgehead atoms. The van der Waals surface area contributed by atoms with E-state index in [1.54, 1.807) is 48.8 Å². The Hall–Kier alpha value is -3.47. The minimum Gasteiger partial charge on any atom is -0.267 e. The van der Waals surface area contributed by atoms with E-state index < -0.39 is 0 Å². The fraction of sp³-hybridized carbons (Fsp3) is 0. The van der Waals surface area contributed by atoms with Gasteiger partial charge >= 0.3 is 0 Å². The molecule has 2 N–H and O–H groups in total. The summed E-state index contributed by atoms with van der Waals surface area (Å²) in [4.78, 5) is 28.0. The van der Waals surface area contributed by atoms with Crippen molar-refractivity contribution >= 4 is 11.8 Å². The Balaban J connectivity index is 1.62. The van der Waals surface area contributed by atoms with Gasteiger partial charge in [-0.1, -0.05) is 36.4 Å². The number of carbonyl (C=O) groups is 2. The van der Waals surface area contributed by atoms with Crippen LogP contribution in [-0.2, 0) is 0 Å². The average molecular weight is 317 g/mol. The van der Waals surface area contributed by atoms with Crippen LogP contribution in [-0.4, -0.2) is 16.8 Å². The van der Waals surface area contributed by atoms with Crippen LogP contribution in [0, 0.1) is 0 Å². The maximum Gasteiger partial charge on any atom is 0.269 e. The number of aromatic nitrogens is 1. The fourth-order valence-corrected chi connectivity index (χ4v) is 2.19. The van der Waals surface area contributed by atoms with E-state index in [1.165, 1.54) is 0 Å². The van der Waals surface area contributed by atoms with Gasteiger partial charge in [0, 0.05) is 23.5 Å². The molecule has 0 unspecified atom stereocenters. The molecule has 0 saturated heterocycles. The van der Waals surface area contributed by atoms with Gasteiger partial charge in [0.05, 0.1) is 0 Å². The first-order chi connectivity index (χ1) is 11.7. The molecule has 2 aromatic carbocycles. The maximum atomic E-state index is 12.1. The van der Waals surface area contributed by atoms with Gasteiger partial charge in [-0.25, -0.2) is 0 Å². The standard InChI is InChI=1S/C19H15N3O2/c23-18(15-5-2-1-3-6-15)21-22-19(24)16-10-8-14(9-11-16)17-7-4-12-20-13-17/h1-13H,(H,21,23)(H,22,24). The van der Waals surface area contributed by atoms with Crippen LogP contribution in [0.1, 0.15) is 20.7 Å². The lowest BCUT2D eigenvalue weighted by Gasteiger charge is -2.08. The summed E-state index contributed by atoms with van der Waals surface area (Å²) in [6.45, 7) is 0. The average Bonchev–Trinajstić information content (AvgIpc) is 2.67. The first-order valence-electron chi connectivity index (χ1n) is 7.40. The van der Waals surface area contributed by atoms with Crippen molar-refractivity contribution in [1.82, 2.24) is 15.8 Å². The van der Waals surface area contributed by atoms with E-state index in [9.17, 15) is 9.59 Å². The Morgan fingerprint density at radius 1 is 0.667 bits per heavy atom. The third-order valence-corrected chi connectivity index (χ3v) is 3.47. The van der Waals surface area contributed by atoms with Crippen molar-refractivity contribution in [3.8, 4) is 11.1 Å². The number of hydrogen-bond acceptors (Lipinski definition) is 3. The molecular weight excluding hydrogens is 302 g/mol. The van der Waals surface area contributed by atoms with Crippen molar-refractivity contribution in [3.05, 3.63) is 90.3 Å². The van der Waals surface area contributed by atoms with E-state index in [0.29, 0.717) is 11.1 Å². The summed E-state index contributed by atoms with van der Waals surface area (Å²) in [5, 5.41) is 0. The van der Waals surface area contributed by atoms with Crippen LogP contribution in [0.3, 0.4) is 0 Å². The lowest BCUT2D eigenvalue weighted by atomic mass is 10.1. The second-order valence-corrected chi connectivity index (χ2v) is 5.09. The summed E-state index contributed by atoms with van der Waals surface area (Å²) in [5.74, 6) is -0.743. The lowest BCUT2D eigenvalue weighted by molar-refractivity contribution is 0.0846. The number of hydrazine groups is 1. The van der Waals surface area contributed by atoms with Gasteiger partial charge in [-0.15, -0.1) is 0 Å². The van der Waals surface area contributed by atoms with E-state index >= 15 is 0 Å². The van der Waals surface area contributed by atoms with Gasteiger partial charge in [0.25, 0.3) is 11.8 Å². The molecule has 0 atom stereocenters. The van der Waals surface area contributed by atoms with Crippen LogP contribution in [0.2, 0.25) is 0 Å². The molecule has 24 heavy (non-hydrogen) atoms. The Kier molecular flexibility index (Phi) is 4.62. The number of hydrogen-bond donors (Lipinski definition) is 2. The molecule has 0 saturated carbocycles. The van der Waals surface area contributed by atoms with Gasteiger partial charge < -0.3 is 0 Å².